The van der Waals surface area contributed by atoms with Crippen LogP contribution in [-0.4, -0.2) is 36.9 Å². The van der Waals surface area contributed by atoms with E-state index in [1.807, 2.05) is 6.92 Å². The Bertz CT molecular complexity index is 1130. The Morgan fingerprint density at radius 2 is 1.93 bits per heavy atom. The first-order chi connectivity index (χ1) is 14.2. The van der Waals surface area contributed by atoms with Crippen LogP contribution in [0.4, 0.5) is 0 Å². The van der Waals surface area contributed by atoms with Gasteiger partial charge < -0.3 is 19.4 Å². The number of hydrogen-bond acceptors (Lipinski definition) is 9. The summed E-state index contributed by atoms with van der Waals surface area (Å²) in [5.41, 5.74) is 1.26. The van der Waals surface area contributed by atoms with E-state index in [9.17, 15) is 23.1 Å². The Kier molecular flexibility index (Phi) is 6.53. The minimum Gasteiger partial charge on any atom is -0.550 e. The lowest BCUT2D eigenvalue weighted by Crippen LogP contribution is -2.31. The molecule has 0 aliphatic carbocycles. The third kappa shape index (κ3) is 5.45. The van der Waals surface area contributed by atoms with Crippen LogP contribution in [0.15, 0.2) is 63.6 Å². The Balaban J connectivity index is 1.75. The molecule has 0 spiro atoms. The molecule has 156 valence electrons. The van der Waals surface area contributed by atoms with Gasteiger partial charge in [-0.2, -0.15) is 13.5 Å². The molecule has 9 nitrogen and oxygen atoms in total. The molecule has 3 rings (SSSR count). The first-order valence-corrected chi connectivity index (χ1v) is 10.9. The number of thioether (sulfide) groups is 1. The van der Waals surface area contributed by atoms with Crippen LogP contribution in [-0.2, 0) is 19.7 Å². The van der Waals surface area contributed by atoms with E-state index in [2.05, 4.69) is 15.5 Å². The predicted octanol–water partition coefficient (Wildman–Crippen LogP) is 0.824. The average molecular weight is 446 g/mol. The van der Waals surface area contributed by atoms with Gasteiger partial charge in [0.15, 0.2) is 10.9 Å². The average Bonchev–Trinajstić information content (AvgIpc) is 3.02. The molecule has 11 heteroatoms. The number of aryl methyl sites for hydroxylation is 1. The van der Waals surface area contributed by atoms with Gasteiger partial charge >= 0.3 is 10.1 Å². The number of carbonyl (C=O) groups excluding carboxylic acids is 2. The molecule has 0 unspecified atom stereocenters. The van der Waals surface area contributed by atoms with Gasteiger partial charge in [0.05, 0.1) is 11.5 Å². The van der Waals surface area contributed by atoms with Gasteiger partial charge in [-0.1, -0.05) is 41.6 Å². The summed E-state index contributed by atoms with van der Waals surface area (Å²) < 4.78 is 30.3. The molecular weight excluding hydrogens is 430 g/mol. The van der Waals surface area contributed by atoms with Crippen molar-refractivity contribution in [2.75, 3.05) is 0 Å². The van der Waals surface area contributed by atoms with Gasteiger partial charge in [-0.05, 0) is 31.2 Å². The van der Waals surface area contributed by atoms with Crippen molar-refractivity contribution >= 4 is 45.1 Å². The molecule has 1 saturated heterocycles. The number of aliphatic carboxylic acids is 1. The lowest BCUT2D eigenvalue weighted by molar-refractivity contribution is -0.305. The van der Waals surface area contributed by atoms with Gasteiger partial charge in [-0.15, -0.1) is 5.10 Å². The molecule has 1 N–H and O–H groups in total. The van der Waals surface area contributed by atoms with Crippen molar-refractivity contribution in [2.24, 2.45) is 10.2 Å². The number of nitrogens with zero attached hydrogens (tertiary/aromatic N) is 2. The predicted molar refractivity (Wildman–Crippen MR) is 110 cm³/mol. The lowest BCUT2D eigenvalue weighted by atomic mass is 10.2. The van der Waals surface area contributed by atoms with Crippen LogP contribution in [0.25, 0.3) is 0 Å². The maximum absolute atomic E-state index is 12.5. The molecule has 1 fully saturated rings. The Labute approximate surface area is 177 Å². The first-order valence-electron chi connectivity index (χ1n) is 8.63. The summed E-state index contributed by atoms with van der Waals surface area (Å²) >= 11 is 0.922. The van der Waals surface area contributed by atoms with Crippen LogP contribution in [0.2, 0.25) is 0 Å². The SMILES string of the molecule is Cc1ccc(S(=O)(=O)Oc2ccccc2/C=N\N=C2\NC(=O)[C@H](CC(=O)[O-])S2)cc1. The van der Waals surface area contributed by atoms with Crippen molar-refractivity contribution in [3.8, 4) is 5.75 Å². The number of amides is 1. The topological polar surface area (TPSA) is 137 Å². The van der Waals surface area contributed by atoms with Crippen LogP contribution < -0.4 is 14.6 Å². The van der Waals surface area contributed by atoms with Gasteiger partial charge in [-0.25, -0.2) is 0 Å². The molecule has 0 bridgehead atoms. The number of benzene rings is 2. The number of rotatable bonds is 7. The quantitative estimate of drug-likeness (QED) is 0.378. The van der Waals surface area contributed by atoms with E-state index in [0.29, 0.717) is 5.56 Å². The van der Waals surface area contributed by atoms with Crippen molar-refractivity contribution < 1.29 is 27.3 Å². The fraction of sp³-hybridized carbons (Fsp3) is 0.158. The van der Waals surface area contributed by atoms with E-state index < -0.39 is 33.7 Å². The molecule has 0 radical (unpaired) electrons. The lowest BCUT2D eigenvalue weighted by Gasteiger charge is -2.09. The number of carbonyl (C=O) groups is 2. The van der Waals surface area contributed by atoms with Gasteiger partial charge in [0.25, 0.3) is 0 Å². The second-order valence-corrected chi connectivity index (χ2v) is 8.95. The standard InChI is InChI=1S/C19H17N3O6S2/c1-12-6-8-14(9-7-12)30(26,27)28-15-5-3-2-4-13(15)11-20-22-19-21-18(25)16(29-19)10-17(23)24/h2-9,11,16H,10H2,1H3,(H,23,24)(H,21,22,25)/p-1/b20-11-/t16-/m0/s1. The highest BCUT2D eigenvalue weighted by Crippen LogP contribution is 2.23. The van der Waals surface area contributed by atoms with Gasteiger partial charge in [0, 0.05) is 18.0 Å². The summed E-state index contributed by atoms with van der Waals surface area (Å²) in [5, 5.41) is 20.0. The van der Waals surface area contributed by atoms with Crippen LogP contribution in [0.5, 0.6) is 5.75 Å². The van der Waals surface area contributed by atoms with E-state index in [4.69, 9.17) is 4.18 Å². The summed E-state index contributed by atoms with van der Waals surface area (Å²) in [6.45, 7) is 1.84. The highest BCUT2D eigenvalue weighted by Gasteiger charge is 2.30. The van der Waals surface area contributed by atoms with Gasteiger partial charge in [0.1, 0.15) is 4.90 Å². The summed E-state index contributed by atoms with van der Waals surface area (Å²) in [7, 11) is -4.04. The van der Waals surface area contributed by atoms with E-state index in [-0.39, 0.29) is 15.8 Å². The molecule has 1 heterocycles. The minimum absolute atomic E-state index is 0.0177. The number of nitrogens with one attached hydrogen (secondary N) is 1. The van der Waals surface area contributed by atoms with E-state index in [0.717, 1.165) is 17.3 Å². The van der Waals surface area contributed by atoms with Gasteiger partial charge in [0.2, 0.25) is 5.91 Å². The first kappa shape index (κ1) is 21.5. The van der Waals surface area contributed by atoms with E-state index in [1.165, 1.54) is 24.4 Å². The fourth-order valence-electron chi connectivity index (χ4n) is 2.42. The molecule has 1 aliphatic heterocycles. The largest absolute Gasteiger partial charge is 0.550 e. The van der Waals surface area contributed by atoms with Gasteiger partial charge in [-0.3, -0.25) is 4.79 Å². The second-order valence-electron chi connectivity index (χ2n) is 6.21. The summed E-state index contributed by atoms with van der Waals surface area (Å²) in [4.78, 5) is 22.3. The Morgan fingerprint density at radius 3 is 2.63 bits per heavy atom. The molecule has 1 atom stereocenters. The third-order valence-corrected chi connectivity index (χ3v) is 6.22. The fourth-order valence-corrected chi connectivity index (χ4v) is 4.28. The highest BCUT2D eigenvalue weighted by molar-refractivity contribution is 8.15. The van der Waals surface area contributed by atoms with Crippen molar-refractivity contribution in [3.05, 3.63) is 59.7 Å². The number of carboxylic acid groups (broad SMARTS) is 1. The highest BCUT2D eigenvalue weighted by atomic mass is 32.2. The minimum atomic E-state index is -4.04. The van der Waals surface area contributed by atoms with E-state index in [1.54, 1.807) is 30.3 Å². The molecule has 30 heavy (non-hydrogen) atoms. The molecule has 0 saturated carbocycles. The number of hydrogen-bond donors (Lipinski definition) is 1. The Morgan fingerprint density at radius 1 is 1.23 bits per heavy atom. The van der Waals surface area contributed by atoms with Crippen molar-refractivity contribution in [3.63, 3.8) is 0 Å². The van der Waals surface area contributed by atoms with Crippen molar-refractivity contribution in [2.45, 2.75) is 23.5 Å². The van der Waals surface area contributed by atoms with E-state index >= 15 is 0 Å². The molecule has 1 aliphatic rings. The zero-order chi connectivity index (χ0) is 21.7. The zero-order valence-electron chi connectivity index (χ0n) is 15.6. The number of amidine groups is 1. The molecule has 2 aromatic rings. The number of carboxylic acids is 1. The maximum atomic E-state index is 12.5. The normalized spacial score (nSPS) is 18.0. The Hall–Kier alpha value is -3.18. The summed E-state index contributed by atoms with van der Waals surface area (Å²) in [6, 6.07) is 12.6. The summed E-state index contributed by atoms with van der Waals surface area (Å²) in [5.74, 6) is -1.78. The smallest absolute Gasteiger partial charge is 0.339 e. The third-order valence-electron chi connectivity index (χ3n) is 3.90. The van der Waals surface area contributed by atoms with Crippen molar-refractivity contribution in [1.29, 1.82) is 0 Å². The van der Waals surface area contributed by atoms with Crippen LogP contribution in [0.1, 0.15) is 17.5 Å². The monoisotopic (exact) mass is 446 g/mol. The zero-order valence-corrected chi connectivity index (χ0v) is 17.3. The maximum Gasteiger partial charge on any atom is 0.339 e. The van der Waals surface area contributed by atoms with Crippen molar-refractivity contribution in [1.82, 2.24) is 5.32 Å². The second kappa shape index (κ2) is 9.09. The van der Waals surface area contributed by atoms with Crippen LogP contribution >= 0.6 is 11.8 Å². The molecular formula is C19H16N3O6S2-. The molecule has 1 amide bonds. The van der Waals surface area contributed by atoms with Crippen LogP contribution in [0, 0.1) is 6.92 Å². The summed E-state index contributed by atoms with van der Waals surface area (Å²) in [6.07, 6.45) is 0.832. The molecule has 2 aromatic carbocycles. The molecule has 0 aromatic heterocycles. The number of para-hydroxylation sites is 1. The van der Waals surface area contributed by atoms with Crippen LogP contribution in [0.3, 0.4) is 0 Å².